The van der Waals surface area contributed by atoms with E-state index in [9.17, 15) is 0 Å². The Morgan fingerprint density at radius 2 is 2.31 bits per heavy atom. The lowest BCUT2D eigenvalue weighted by Crippen LogP contribution is -2.00. The molecule has 0 aliphatic rings. The maximum Gasteiger partial charge on any atom is 0.133 e. The zero-order chi connectivity index (χ0) is 11.4. The minimum atomic E-state index is 0.589. The number of hydrogen-bond acceptors (Lipinski definition) is 4. The fraction of sp³-hybridized carbons (Fsp3) is 0.500. The lowest BCUT2D eigenvalue weighted by molar-refractivity contribution is 0.387. The van der Waals surface area contributed by atoms with E-state index >= 15 is 0 Å². The van der Waals surface area contributed by atoms with Crippen LogP contribution in [0.1, 0.15) is 23.6 Å². The Bertz CT molecular complexity index is 451. The Morgan fingerprint density at radius 1 is 1.44 bits per heavy atom. The Morgan fingerprint density at radius 3 is 3.00 bits per heavy atom. The maximum absolute atomic E-state index is 5.61. The predicted molar refractivity (Wildman–Crippen MR) is 59.4 cm³/mol. The third kappa shape index (κ3) is 2.82. The molecular weight excluding hydrogens is 228 g/mol. The Balaban J connectivity index is 1.97. The average Bonchev–Trinajstić information content (AvgIpc) is 2.86. The van der Waals surface area contributed by atoms with Crippen molar-refractivity contribution in [3.8, 4) is 0 Å². The molecular formula is C10H13ClN4O. The second-order valence-electron chi connectivity index (χ2n) is 3.63. The van der Waals surface area contributed by atoms with Crippen molar-refractivity contribution in [2.24, 2.45) is 0 Å². The molecule has 0 spiro atoms. The molecule has 5 nitrogen and oxygen atoms in total. The minimum absolute atomic E-state index is 0.589. The van der Waals surface area contributed by atoms with Gasteiger partial charge in [-0.2, -0.15) is 0 Å². The molecule has 0 fully saturated rings. The molecule has 0 atom stereocenters. The van der Waals surface area contributed by atoms with Crippen molar-refractivity contribution < 1.29 is 4.52 Å². The second-order valence-corrected chi connectivity index (χ2v) is 4.01. The van der Waals surface area contributed by atoms with Gasteiger partial charge in [-0.3, -0.25) is 0 Å². The highest BCUT2D eigenvalue weighted by molar-refractivity contribution is 6.17. The van der Waals surface area contributed by atoms with Gasteiger partial charge in [-0.15, -0.1) is 16.7 Å². The van der Waals surface area contributed by atoms with Crippen LogP contribution >= 0.6 is 11.6 Å². The van der Waals surface area contributed by atoms with Crippen LogP contribution in [0.25, 0.3) is 0 Å². The SMILES string of the molecule is Cc1cc(Cn2cc(CCCCl)nn2)no1. The monoisotopic (exact) mass is 240 g/mol. The Hall–Kier alpha value is -1.36. The van der Waals surface area contributed by atoms with Gasteiger partial charge < -0.3 is 4.52 Å². The summed E-state index contributed by atoms with van der Waals surface area (Å²) in [6.45, 7) is 2.45. The van der Waals surface area contributed by atoms with E-state index in [1.165, 1.54) is 0 Å². The summed E-state index contributed by atoms with van der Waals surface area (Å²) in [5, 5.41) is 12.0. The van der Waals surface area contributed by atoms with Gasteiger partial charge >= 0.3 is 0 Å². The molecule has 0 aliphatic carbocycles. The first-order valence-corrected chi connectivity index (χ1v) is 5.68. The minimum Gasteiger partial charge on any atom is -0.361 e. The smallest absolute Gasteiger partial charge is 0.133 e. The third-order valence-corrected chi connectivity index (χ3v) is 2.42. The molecule has 0 saturated carbocycles. The molecule has 0 N–H and O–H groups in total. The molecule has 6 heteroatoms. The van der Waals surface area contributed by atoms with Gasteiger partial charge in [0.25, 0.3) is 0 Å². The molecule has 86 valence electrons. The maximum atomic E-state index is 5.61. The summed E-state index contributed by atoms with van der Waals surface area (Å²) in [5.41, 5.74) is 1.81. The van der Waals surface area contributed by atoms with E-state index in [1.54, 1.807) is 4.68 Å². The summed E-state index contributed by atoms with van der Waals surface area (Å²) < 4.78 is 6.73. The first kappa shape index (κ1) is 11.1. The molecule has 0 saturated heterocycles. The van der Waals surface area contributed by atoms with Gasteiger partial charge in [0.1, 0.15) is 11.5 Å². The van der Waals surface area contributed by atoms with Gasteiger partial charge in [0.15, 0.2) is 0 Å². The van der Waals surface area contributed by atoms with E-state index in [0.29, 0.717) is 12.4 Å². The van der Waals surface area contributed by atoms with E-state index in [2.05, 4.69) is 15.5 Å². The summed E-state index contributed by atoms with van der Waals surface area (Å²) in [5.74, 6) is 1.45. The van der Waals surface area contributed by atoms with Gasteiger partial charge in [0.05, 0.1) is 12.2 Å². The van der Waals surface area contributed by atoms with Gasteiger partial charge in [-0.05, 0) is 19.8 Å². The average molecular weight is 241 g/mol. The van der Waals surface area contributed by atoms with Gasteiger partial charge in [-0.1, -0.05) is 10.4 Å². The predicted octanol–water partition coefficient (Wildman–Crippen LogP) is 1.79. The molecule has 16 heavy (non-hydrogen) atoms. The lowest BCUT2D eigenvalue weighted by Gasteiger charge is -1.93. The van der Waals surface area contributed by atoms with Crippen LogP contribution < -0.4 is 0 Å². The zero-order valence-corrected chi connectivity index (χ0v) is 9.81. The summed E-state index contributed by atoms with van der Waals surface area (Å²) in [7, 11) is 0. The normalized spacial score (nSPS) is 10.9. The number of aromatic nitrogens is 4. The molecule has 2 aromatic rings. The van der Waals surface area contributed by atoms with Crippen molar-refractivity contribution in [1.29, 1.82) is 0 Å². The zero-order valence-electron chi connectivity index (χ0n) is 9.06. The summed E-state index contributed by atoms with van der Waals surface area (Å²) in [4.78, 5) is 0. The van der Waals surface area contributed by atoms with Crippen LogP contribution in [0, 0.1) is 6.92 Å². The molecule has 0 aliphatic heterocycles. The molecule has 2 heterocycles. The van der Waals surface area contributed by atoms with Crippen LogP contribution in [0.15, 0.2) is 16.8 Å². The van der Waals surface area contributed by atoms with Crippen molar-refractivity contribution >= 4 is 11.6 Å². The van der Waals surface area contributed by atoms with E-state index in [1.807, 2.05) is 19.2 Å². The van der Waals surface area contributed by atoms with Crippen molar-refractivity contribution in [2.75, 3.05) is 5.88 Å². The van der Waals surface area contributed by atoms with E-state index in [-0.39, 0.29) is 0 Å². The van der Waals surface area contributed by atoms with Crippen LogP contribution in [-0.2, 0) is 13.0 Å². The quantitative estimate of drug-likeness (QED) is 0.748. The highest BCUT2D eigenvalue weighted by Crippen LogP contribution is 2.05. The van der Waals surface area contributed by atoms with Gasteiger partial charge in [0.2, 0.25) is 0 Å². The largest absolute Gasteiger partial charge is 0.361 e. The summed E-state index contributed by atoms with van der Waals surface area (Å²) >= 11 is 5.61. The molecule has 2 aromatic heterocycles. The molecule has 0 unspecified atom stereocenters. The molecule has 0 radical (unpaired) electrons. The summed E-state index contributed by atoms with van der Waals surface area (Å²) in [6.07, 6.45) is 3.70. The number of alkyl halides is 1. The van der Waals surface area contributed by atoms with Crippen molar-refractivity contribution in [2.45, 2.75) is 26.3 Å². The number of nitrogens with zero attached hydrogens (tertiary/aromatic N) is 4. The molecule has 0 amide bonds. The highest BCUT2D eigenvalue weighted by atomic mass is 35.5. The standard InChI is InChI=1S/C10H13ClN4O/c1-8-5-10(13-16-8)7-15-6-9(12-14-15)3-2-4-11/h5-6H,2-4,7H2,1H3. The van der Waals surface area contributed by atoms with Crippen LogP contribution in [0.5, 0.6) is 0 Å². The first-order valence-electron chi connectivity index (χ1n) is 5.15. The summed E-state index contributed by atoms with van der Waals surface area (Å²) in [6, 6.07) is 1.89. The second kappa shape index (κ2) is 5.12. The first-order chi connectivity index (χ1) is 7.78. The van der Waals surface area contributed by atoms with E-state index < -0.39 is 0 Å². The number of aryl methyl sites for hydroxylation is 2. The highest BCUT2D eigenvalue weighted by Gasteiger charge is 2.04. The fourth-order valence-corrected chi connectivity index (χ4v) is 1.57. The van der Waals surface area contributed by atoms with E-state index in [4.69, 9.17) is 16.1 Å². The number of rotatable bonds is 5. The van der Waals surface area contributed by atoms with Crippen molar-refractivity contribution in [1.82, 2.24) is 20.2 Å². The van der Waals surface area contributed by atoms with Crippen molar-refractivity contribution in [3.05, 3.63) is 29.4 Å². The third-order valence-electron chi connectivity index (χ3n) is 2.15. The Kier molecular flexibility index (Phi) is 3.56. The number of halogens is 1. The van der Waals surface area contributed by atoms with Crippen LogP contribution in [0.4, 0.5) is 0 Å². The van der Waals surface area contributed by atoms with Crippen molar-refractivity contribution in [3.63, 3.8) is 0 Å². The molecule has 0 bridgehead atoms. The van der Waals surface area contributed by atoms with Crippen LogP contribution in [-0.4, -0.2) is 26.0 Å². The molecule has 2 rings (SSSR count). The topological polar surface area (TPSA) is 56.7 Å². The van der Waals surface area contributed by atoms with E-state index in [0.717, 1.165) is 30.0 Å². The van der Waals surface area contributed by atoms with Crippen LogP contribution in [0.3, 0.4) is 0 Å². The Labute approximate surface area is 98.4 Å². The lowest BCUT2D eigenvalue weighted by atomic mass is 10.3. The number of hydrogen-bond donors (Lipinski definition) is 0. The van der Waals surface area contributed by atoms with Gasteiger partial charge in [0, 0.05) is 18.1 Å². The fourth-order valence-electron chi connectivity index (χ4n) is 1.44. The van der Waals surface area contributed by atoms with Crippen LogP contribution in [0.2, 0.25) is 0 Å². The molecule has 0 aromatic carbocycles. The van der Waals surface area contributed by atoms with Gasteiger partial charge in [-0.25, -0.2) is 4.68 Å².